The molecule has 0 saturated carbocycles. The average Bonchev–Trinajstić information content (AvgIpc) is 3.73. The fourth-order valence-electron chi connectivity index (χ4n) is 6.11. The van der Waals surface area contributed by atoms with Gasteiger partial charge in [-0.3, -0.25) is 9.59 Å². The van der Waals surface area contributed by atoms with Gasteiger partial charge in [0.05, 0.1) is 53.7 Å². The topological polar surface area (TPSA) is 201 Å². The van der Waals surface area contributed by atoms with Gasteiger partial charge in [-0.15, -0.1) is 0 Å². The van der Waals surface area contributed by atoms with Crippen molar-refractivity contribution in [3.8, 4) is 0 Å². The Balaban J connectivity index is 0.00000120. The van der Waals surface area contributed by atoms with Crippen molar-refractivity contribution in [2.45, 2.75) is 98.5 Å². The van der Waals surface area contributed by atoms with Crippen molar-refractivity contribution >= 4 is 51.8 Å². The van der Waals surface area contributed by atoms with Crippen molar-refractivity contribution in [2.24, 2.45) is 0 Å². The summed E-state index contributed by atoms with van der Waals surface area (Å²) in [5.74, 6) is -1.45. The number of ether oxygens (including phenoxy) is 1. The van der Waals surface area contributed by atoms with E-state index in [1.54, 1.807) is 44.2 Å². The number of hydrogen-bond donors (Lipinski definition) is 8. The van der Waals surface area contributed by atoms with E-state index >= 15 is 0 Å². The van der Waals surface area contributed by atoms with Gasteiger partial charge < -0.3 is 44.9 Å². The Kier molecular flexibility index (Phi) is 16.6. The van der Waals surface area contributed by atoms with Gasteiger partial charge in [0.2, 0.25) is 0 Å². The smallest absolute Gasteiger partial charge is 0.276 e. The van der Waals surface area contributed by atoms with Gasteiger partial charge in [-0.2, -0.15) is 0 Å². The number of aromatic amines is 1. The lowest BCUT2D eigenvalue weighted by molar-refractivity contribution is -0.250. The Morgan fingerprint density at radius 3 is 1.96 bits per heavy atom. The summed E-state index contributed by atoms with van der Waals surface area (Å²) < 4.78 is 7.53. The van der Waals surface area contributed by atoms with E-state index in [1.807, 2.05) is 27.7 Å². The van der Waals surface area contributed by atoms with E-state index in [9.17, 15) is 40.2 Å². The molecule has 5 unspecified atom stereocenters. The maximum absolute atomic E-state index is 14.2. The van der Waals surface area contributed by atoms with Gasteiger partial charge in [-0.25, -0.2) is 10.4 Å². The summed E-state index contributed by atoms with van der Waals surface area (Å²) in [6.07, 6.45) is 3.56. The molecule has 0 spiro atoms. The minimum atomic E-state index is -1.69. The first-order chi connectivity index (χ1) is 24.5. The van der Waals surface area contributed by atoms with Crippen LogP contribution in [0, 0.1) is 6.92 Å². The van der Waals surface area contributed by atoms with Crippen LogP contribution in [0.2, 0.25) is 0 Å². The van der Waals surface area contributed by atoms with E-state index in [-0.39, 0.29) is 11.1 Å². The quantitative estimate of drug-likeness (QED) is 0.111. The number of nitrogens with zero attached hydrogens (tertiary/aromatic N) is 2. The Hall–Kier alpha value is -3.92. The summed E-state index contributed by atoms with van der Waals surface area (Å²) in [4.78, 5) is 31.5. The molecular weight excluding hydrogens is 656 g/mol. The van der Waals surface area contributed by atoms with E-state index in [1.165, 1.54) is 17.1 Å². The summed E-state index contributed by atoms with van der Waals surface area (Å²) in [7, 11) is 0. The zero-order chi connectivity index (χ0) is 38.7. The van der Waals surface area contributed by atoms with Gasteiger partial charge in [-0.05, 0) is 19.9 Å². The molecule has 1 fully saturated rings. The third-order valence-corrected chi connectivity index (χ3v) is 8.14. The second kappa shape index (κ2) is 19.6. The fraction of sp³-hybridized carbons (Fsp3) is 0.474. The molecule has 8 N–H and O–H groups in total. The third-order valence-electron chi connectivity index (χ3n) is 8.14. The molecule has 1 saturated heterocycles. The molecule has 1 aromatic carbocycles. The van der Waals surface area contributed by atoms with Crippen LogP contribution < -0.4 is 5.43 Å². The summed E-state index contributed by atoms with van der Waals surface area (Å²) in [6, 6.07) is -1.01. The Labute approximate surface area is 299 Å². The number of allylic oxidation sites excluding steroid dienone is 3. The molecule has 2 amide bonds. The number of aliphatic hydroxyl groups excluding tert-OH is 6. The predicted molar refractivity (Wildman–Crippen MR) is 202 cm³/mol. The number of imide groups is 1. The summed E-state index contributed by atoms with van der Waals surface area (Å²) >= 11 is 0. The number of amides is 2. The van der Waals surface area contributed by atoms with E-state index in [0.717, 1.165) is 5.01 Å². The normalized spacial score (nSPS) is 21.5. The van der Waals surface area contributed by atoms with Gasteiger partial charge >= 0.3 is 0 Å². The van der Waals surface area contributed by atoms with Gasteiger partial charge in [0.1, 0.15) is 24.4 Å². The zero-order valence-corrected chi connectivity index (χ0v) is 31.0. The number of nitrogens with one attached hydrogen (secondary N) is 2. The molecular formula is C38H56N4O9. The number of rotatable bonds is 10. The number of H-pyrrole nitrogens is 1. The number of hydrazine groups is 1. The second-order valence-electron chi connectivity index (χ2n) is 11.4. The van der Waals surface area contributed by atoms with Crippen LogP contribution in [0.1, 0.15) is 104 Å². The summed E-state index contributed by atoms with van der Waals surface area (Å²) in [6.45, 7) is 21.7. The molecule has 51 heavy (non-hydrogen) atoms. The molecule has 13 nitrogen and oxygen atoms in total. The van der Waals surface area contributed by atoms with E-state index in [4.69, 9.17) is 4.74 Å². The number of carbonyl (C=O) groups excluding carboxylic acids is 2. The lowest BCUT2D eigenvalue weighted by Crippen LogP contribution is -2.56. The van der Waals surface area contributed by atoms with Crippen molar-refractivity contribution in [2.75, 3.05) is 19.8 Å². The lowest BCUT2D eigenvalue weighted by atomic mass is 9.94. The lowest BCUT2D eigenvalue weighted by Gasteiger charge is -2.41. The number of carbonyl (C=O) groups is 2. The first-order valence-corrected chi connectivity index (χ1v) is 17.5. The highest BCUT2D eigenvalue weighted by molar-refractivity contribution is 6.35. The minimum Gasteiger partial charge on any atom is -0.395 e. The maximum atomic E-state index is 14.2. The van der Waals surface area contributed by atoms with E-state index in [2.05, 4.69) is 37.4 Å². The van der Waals surface area contributed by atoms with Crippen LogP contribution in [-0.4, -0.2) is 107 Å². The van der Waals surface area contributed by atoms with Crippen LogP contribution in [-0.2, 0) is 4.74 Å². The molecule has 0 radical (unpaired) electrons. The van der Waals surface area contributed by atoms with Gasteiger partial charge in [-0.1, -0.05) is 91.5 Å². The molecule has 282 valence electrons. The molecule has 2 aromatic heterocycles. The standard InChI is InChI=1S/C31H36N4O9.C3H8.2C2H6/c1-5-8-10-16-14(4)32-24-20(16)22-23(30(43)35(29(22)42)33-15(11-36)12-37)21-17(9-6-2)18(7-3)34(25(21)24)31-28(41)27(40)26(39)19(13-38)44-31;1-3-2;2*1-2/h5-10,15,19,26-28,31-33,36-41H,1,3,11-13H2,2,4H3;3H2,1-2H3;2*1-2H3/b9-6-,10-8-;;;. The Morgan fingerprint density at radius 2 is 1.47 bits per heavy atom. The predicted octanol–water partition coefficient (Wildman–Crippen LogP) is 4.20. The van der Waals surface area contributed by atoms with Gasteiger partial charge in [0.25, 0.3) is 11.8 Å². The number of fused-ring (bicyclic) bond motifs is 6. The highest BCUT2D eigenvalue weighted by atomic mass is 16.6. The first kappa shape index (κ1) is 43.2. The molecule has 13 heteroatoms. The van der Waals surface area contributed by atoms with E-state index in [0.29, 0.717) is 44.3 Å². The van der Waals surface area contributed by atoms with Crippen LogP contribution in [0.25, 0.3) is 40.0 Å². The average molecular weight is 713 g/mol. The van der Waals surface area contributed by atoms with Crippen LogP contribution in [0.3, 0.4) is 0 Å². The SMILES string of the molecule is C=C/C=C\c1c(C)[nH]c2c1c1c(c3c(/C=C\C)c(C=C)n(C4OC(CO)C(O)C(O)C4O)c32)C(=O)N(NC(CO)CO)C1=O.CC.CC.CCC. The van der Waals surface area contributed by atoms with Crippen molar-refractivity contribution in [3.05, 3.63) is 65.0 Å². The molecule has 0 aliphatic carbocycles. The van der Waals surface area contributed by atoms with Crippen LogP contribution in [0.15, 0.2) is 31.4 Å². The molecule has 3 aromatic rings. The fourth-order valence-corrected chi connectivity index (χ4v) is 6.11. The monoisotopic (exact) mass is 712 g/mol. The van der Waals surface area contributed by atoms with Crippen LogP contribution >= 0.6 is 0 Å². The second-order valence-corrected chi connectivity index (χ2v) is 11.4. The molecule has 4 heterocycles. The Bertz CT molecular complexity index is 1730. The van der Waals surface area contributed by atoms with Crippen molar-refractivity contribution in [3.63, 3.8) is 0 Å². The maximum Gasteiger partial charge on any atom is 0.276 e. The van der Waals surface area contributed by atoms with Crippen LogP contribution in [0.5, 0.6) is 0 Å². The van der Waals surface area contributed by atoms with Crippen LogP contribution in [0.4, 0.5) is 0 Å². The van der Waals surface area contributed by atoms with E-state index < -0.39 is 68.3 Å². The molecule has 0 bridgehead atoms. The molecule has 5 atom stereocenters. The van der Waals surface area contributed by atoms with Gasteiger partial charge in [0.15, 0.2) is 6.23 Å². The first-order valence-electron chi connectivity index (χ1n) is 17.5. The number of hydrogen-bond acceptors (Lipinski definition) is 10. The third kappa shape index (κ3) is 7.81. The number of aliphatic hydroxyl groups is 6. The van der Waals surface area contributed by atoms with Crippen molar-refractivity contribution in [1.82, 2.24) is 20.0 Å². The number of benzene rings is 1. The number of aryl methyl sites for hydroxylation is 1. The minimum absolute atomic E-state index is 0.0198. The molecule has 5 rings (SSSR count). The molecule has 2 aliphatic heterocycles. The highest BCUT2D eigenvalue weighted by Gasteiger charge is 2.48. The summed E-state index contributed by atoms with van der Waals surface area (Å²) in [5.41, 5.74) is 5.49. The Morgan fingerprint density at radius 1 is 0.902 bits per heavy atom. The van der Waals surface area contributed by atoms with Crippen molar-refractivity contribution in [1.29, 1.82) is 0 Å². The van der Waals surface area contributed by atoms with Crippen molar-refractivity contribution < 1.29 is 45.0 Å². The summed E-state index contributed by atoms with van der Waals surface area (Å²) in [5, 5.41) is 63.2. The van der Waals surface area contributed by atoms with Gasteiger partial charge in [0, 0.05) is 27.6 Å². The molecule has 2 aliphatic rings. The number of aromatic nitrogens is 2. The largest absolute Gasteiger partial charge is 0.395 e. The highest BCUT2D eigenvalue weighted by Crippen LogP contribution is 2.46. The zero-order valence-electron chi connectivity index (χ0n) is 31.0.